The normalized spacial score (nSPS) is 24.2. The third kappa shape index (κ3) is 4.26. The van der Waals surface area contributed by atoms with Gasteiger partial charge in [0.2, 0.25) is 0 Å². The molecular formula is C19H31N. The van der Waals surface area contributed by atoms with Crippen molar-refractivity contribution in [1.29, 1.82) is 0 Å². The third-order valence-corrected chi connectivity index (χ3v) is 4.90. The van der Waals surface area contributed by atoms with Crippen LogP contribution in [0.4, 0.5) is 5.69 Å². The van der Waals surface area contributed by atoms with Crippen molar-refractivity contribution in [1.82, 2.24) is 0 Å². The molecule has 0 spiro atoms. The minimum atomic E-state index is 0.469. The van der Waals surface area contributed by atoms with Crippen LogP contribution < -0.4 is 5.32 Å². The zero-order valence-electron chi connectivity index (χ0n) is 13.7. The Balaban J connectivity index is 1.94. The quantitative estimate of drug-likeness (QED) is 0.701. The number of nitrogens with one attached hydrogen (secondary N) is 1. The Bertz CT molecular complexity index is 416. The summed E-state index contributed by atoms with van der Waals surface area (Å²) < 4.78 is 0. The second kappa shape index (κ2) is 6.65. The molecule has 2 unspecified atom stereocenters. The first kappa shape index (κ1) is 15.4. The molecule has 1 aromatic rings. The Morgan fingerprint density at radius 2 is 1.90 bits per heavy atom. The summed E-state index contributed by atoms with van der Waals surface area (Å²) in [6.45, 7) is 9.42. The molecule has 0 radical (unpaired) electrons. The van der Waals surface area contributed by atoms with Gasteiger partial charge < -0.3 is 5.32 Å². The van der Waals surface area contributed by atoms with Crippen molar-refractivity contribution in [3.05, 3.63) is 29.8 Å². The van der Waals surface area contributed by atoms with E-state index in [1.54, 1.807) is 0 Å². The summed E-state index contributed by atoms with van der Waals surface area (Å²) >= 11 is 0. The second-order valence-corrected chi connectivity index (χ2v) is 7.47. The number of anilines is 1. The standard InChI is InChI=1S/C19H31N/c1-5-15-8-6-11-18(14-15)20-17-10-7-9-16(12-13-17)19(2,3)4/h6,8,11,14,16-17,20H,5,7,9-10,12-13H2,1-4H3. The lowest BCUT2D eigenvalue weighted by molar-refractivity contribution is 0.214. The van der Waals surface area contributed by atoms with Crippen molar-refractivity contribution in [2.24, 2.45) is 11.3 Å². The number of aryl methyl sites for hydroxylation is 1. The van der Waals surface area contributed by atoms with Crippen LogP contribution in [0.1, 0.15) is 65.4 Å². The lowest BCUT2D eigenvalue weighted by Crippen LogP contribution is -2.21. The molecule has 0 amide bonds. The molecule has 2 atom stereocenters. The lowest BCUT2D eigenvalue weighted by atomic mass is 9.76. The first-order chi connectivity index (χ1) is 9.49. The van der Waals surface area contributed by atoms with Gasteiger partial charge in [-0.15, -0.1) is 0 Å². The molecule has 1 aliphatic carbocycles. The van der Waals surface area contributed by atoms with Crippen LogP contribution in [0.2, 0.25) is 0 Å². The molecule has 0 saturated heterocycles. The van der Waals surface area contributed by atoms with Crippen LogP contribution in [0.5, 0.6) is 0 Å². The molecular weight excluding hydrogens is 242 g/mol. The highest BCUT2D eigenvalue weighted by Crippen LogP contribution is 2.37. The van der Waals surface area contributed by atoms with Gasteiger partial charge in [0.15, 0.2) is 0 Å². The van der Waals surface area contributed by atoms with Gasteiger partial charge in [-0.25, -0.2) is 0 Å². The van der Waals surface area contributed by atoms with Gasteiger partial charge in [0, 0.05) is 11.7 Å². The molecule has 20 heavy (non-hydrogen) atoms. The van der Waals surface area contributed by atoms with E-state index in [1.807, 2.05) is 0 Å². The molecule has 112 valence electrons. The van der Waals surface area contributed by atoms with Crippen LogP contribution in [0.15, 0.2) is 24.3 Å². The molecule has 1 saturated carbocycles. The minimum Gasteiger partial charge on any atom is -0.382 e. The molecule has 0 aliphatic heterocycles. The summed E-state index contributed by atoms with van der Waals surface area (Å²) in [6, 6.07) is 9.58. The lowest BCUT2D eigenvalue weighted by Gasteiger charge is -2.29. The first-order valence-corrected chi connectivity index (χ1v) is 8.34. The SMILES string of the molecule is CCc1cccc(NC2CCCC(C(C)(C)C)CC2)c1. The highest BCUT2D eigenvalue weighted by Gasteiger charge is 2.27. The van der Waals surface area contributed by atoms with Crippen LogP contribution in [0.3, 0.4) is 0 Å². The van der Waals surface area contributed by atoms with E-state index in [0.717, 1.165) is 12.3 Å². The smallest absolute Gasteiger partial charge is 0.0345 e. The van der Waals surface area contributed by atoms with Crippen LogP contribution in [0, 0.1) is 11.3 Å². The molecule has 0 heterocycles. The van der Waals surface area contributed by atoms with Gasteiger partial charge in [-0.2, -0.15) is 0 Å². The van der Waals surface area contributed by atoms with Gasteiger partial charge in [0.25, 0.3) is 0 Å². The Morgan fingerprint density at radius 3 is 2.60 bits per heavy atom. The maximum atomic E-state index is 3.77. The highest BCUT2D eigenvalue weighted by atomic mass is 14.9. The summed E-state index contributed by atoms with van der Waals surface area (Å²) in [6.07, 6.45) is 7.89. The fourth-order valence-electron chi connectivity index (χ4n) is 3.43. The summed E-state index contributed by atoms with van der Waals surface area (Å²) in [5.74, 6) is 0.885. The number of rotatable bonds is 3. The Kier molecular flexibility index (Phi) is 5.12. The molecule has 1 N–H and O–H groups in total. The van der Waals surface area contributed by atoms with Gasteiger partial charge in [0.05, 0.1) is 0 Å². The summed E-state index contributed by atoms with van der Waals surface area (Å²) in [7, 11) is 0. The topological polar surface area (TPSA) is 12.0 Å². The van der Waals surface area contributed by atoms with E-state index in [2.05, 4.69) is 57.3 Å². The highest BCUT2D eigenvalue weighted by molar-refractivity contribution is 5.46. The van der Waals surface area contributed by atoms with Gasteiger partial charge in [-0.05, 0) is 61.1 Å². The summed E-state index contributed by atoms with van der Waals surface area (Å²) in [4.78, 5) is 0. The van der Waals surface area contributed by atoms with E-state index in [-0.39, 0.29) is 0 Å². The molecule has 1 heteroatoms. The van der Waals surface area contributed by atoms with Crippen molar-refractivity contribution in [3.8, 4) is 0 Å². The van der Waals surface area contributed by atoms with Crippen LogP contribution in [-0.2, 0) is 6.42 Å². The number of hydrogen-bond donors (Lipinski definition) is 1. The van der Waals surface area contributed by atoms with Gasteiger partial charge in [-0.3, -0.25) is 0 Å². The van der Waals surface area contributed by atoms with Crippen molar-refractivity contribution in [2.45, 2.75) is 72.3 Å². The van der Waals surface area contributed by atoms with E-state index >= 15 is 0 Å². The van der Waals surface area contributed by atoms with Crippen LogP contribution in [-0.4, -0.2) is 6.04 Å². The zero-order chi connectivity index (χ0) is 14.6. The fraction of sp³-hybridized carbons (Fsp3) is 0.684. The fourth-order valence-corrected chi connectivity index (χ4v) is 3.43. The molecule has 1 fully saturated rings. The average molecular weight is 273 g/mol. The van der Waals surface area contributed by atoms with E-state index in [9.17, 15) is 0 Å². The molecule has 1 aliphatic rings. The van der Waals surface area contributed by atoms with Gasteiger partial charge in [-0.1, -0.05) is 46.2 Å². The van der Waals surface area contributed by atoms with Crippen molar-refractivity contribution in [3.63, 3.8) is 0 Å². The summed E-state index contributed by atoms with van der Waals surface area (Å²) in [5, 5.41) is 3.77. The maximum absolute atomic E-state index is 3.77. The zero-order valence-corrected chi connectivity index (χ0v) is 13.7. The first-order valence-electron chi connectivity index (χ1n) is 8.34. The van der Waals surface area contributed by atoms with E-state index in [1.165, 1.54) is 43.4 Å². The number of hydrogen-bond acceptors (Lipinski definition) is 1. The monoisotopic (exact) mass is 273 g/mol. The van der Waals surface area contributed by atoms with Crippen LogP contribution in [0.25, 0.3) is 0 Å². The van der Waals surface area contributed by atoms with Crippen molar-refractivity contribution in [2.75, 3.05) is 5.32 Å². The molecule has 1 aromatic carbocycles. The third-order valence-electron chi connectivity index (χ3n) is 4.90. The van der Waals surface area contributed by atoms with Crippen molar-refractivity contribution >= 4 is 5.69 Å². The number of benzene rings is 1. The molecule has 0 bridgehead atoms. The maximum Gasteiger partial charge on any atom is 0.0345 e. The van der Waals surface area contributed by atoms with Gasteiger partial charge >= 0.3 is 0 Å². The Hall–Kier alpha value is -0.980. The van der Waals surface area contributed by atoms with Crippen LogP contribution >= 0.6 is 0 Å². The average Bonchev–Trinajstić information content (AvgIpc) is 2.64. The summed E-state index contributed by atoms with van der Waals surface area (Å²) in [5.41, 5.74) is 3.21. The second-order valence-electron chi connectivity index (χ2n) is 7.47. The van der Waals surface area contributed by atoms with E-state index in [4.69, 9.17) is 0 Å². The molecule has 1 nitrogen and oxygen atoms in total. The molecule has 2 rings (SSSR count). The Labute approximate surface area is 125 Å². The molecule has 0 aromatic heterocycles. The minimum absolute atomic E-state index is 0.469. The van der Waals surface area contributed by atoms with E-state index < -0.39 is 0 Å². The van der Waals surface area contributed by atoms with E-state index in [0.29, 0.717) is 11.5 Å². The largest absolute Gasteiger partial charge is 0.382 e. The predicted molar refractivity (Wildman–Crippen MR) is 89.3 cm³/mol. The Morgan fingerprint density at radius 1 is 1.10 bits per heavy atom. The van der Waals surface area contributed by atoms with Gasteiger partial charge in [0.1, 0.15) is 0 Å². The predicted octanol–water partition coefficient (Wildman–Crippen LogP) is 5.66. The van der Waals surface area contributed by atoms with Crippen molar-refractivity contribution < 1.29 is 0 Å².